The molecule has 8 nitrogen and oxygen atoms in total. The first-order valence-electron chi connectivity index (χ1n) is 5.88. The Bertz CT molecular complexity index is 287. The number of methoxy groups -OCH3 is 4. The normalized spacial score (nSPS) is 12.1. The Hall–Kier alpha value is -1.22. The van der Waals surface area contributed by atoms with Crippen molar-refractivity contribution in [1.29, 1.82) is 0 Å². The second kappa shape index (κ2) is 8.15. The Morgan fingerprint density at radius 1 is 0.700 bits per heavy atom. The third-order valence-electron chi connectivity index (χ3n) is 2.61. The molecule has 0 heterocycles. The lowest BCUT2D eigenvalue weighted by atomic mass is 10.3. The zero-order valence-electron chi connectivity index (χ0n) is 12.7. The molecule has 118 valence electrons. The molecule has 20 heavy (non-hydrogen) atoms. The van der Waals surface area contributed by atoms with Gasteiger partial charge in [-0.15, -0.1) is 0 Å². The molecule has 0 saturated carbocycles. The van der Waals surface area contributed by atoms with Gasteiger partial charge < -0.3 is 28.4 Å². The first-order valence-corrected chi connectivity index (χ1v) is 5.88. The van der Waals surface area contributed by atoms with E-state index in [0.717, 1.165) is 0 Å². The van der Waals surface area contributed by atoms with Crippen molar-refractivity contribution in [3.63, 3.8) is 0 Å². The highest BCUT2D eigenvalue weighted by Gasteiger charge is 2.30. The lowest BCUT2D eigenvalue weighted by Gasteiger charge is -2.26. The predicted molar refractivity (Wildman–Crippen MR) is 66.3 cm³/mol. The number of carbonyl (C=O) groups excluding carboxylic acids is 2. The van der Waals surface area contributed by atoms with Crippen LogP contribution in [0.15, 0.2) is 0 Å². The minimum Gasteiger partial charge on any atom is -0.408 e. The Morgan fingerprint density at radius 2 is 0.950 bits per heavy atom. The van der Waals surface area contributed by atoms with Gasteiger partial charge >= 0.3 is 23.9 Å². The van der Waals surface area contributed by atoms with Gasteiger partial charge in [-0.3, -0.25) is 9.59 Å². The van der Waals surface area contributed by atoms with Crippen molar-refractivity contribution in [2.45, 2.75) is 38.6 Å². The van der Waals surface area contributed by atoms with Crippen LogP contribution in [0.5, 0.6) is 0 Å². The van der Waals surface area contributed by atoms with Crippen LogP contribution in [0.2, 0.25) is 0 Å². The van der Waals surface area contributed by atoms with Crippen LogP contribution in [-0.4, -0.2) is 52.3 Å². The molecule has 0 saturated heterocycles. The molecule has 8 heteroatoms. The molecule has 0 unspecified atom stereocenters. The van der Waals surface area contributed by atoms with Gasteiger partial charge in [-0.2, -0.15) is 0 Å². The zero-order valence-corrected chi connectivity index (χ0v) is 12.7. The first-order chi connectivity index (χ1) is 9.24. The SMILES string of the molecule is COC(C)(OC)OC(=O)CCC(=O)OC(C)(OC)OC. The Balaban J connectivity index is 4.23. The van der Waals surface area contributed by atoms with Crippen LogP contribution in [0.1, 0.15) is 26.7 Å². The summed E-state index contributed by atoms with van der Waals surface area (Å²) in [7, 11) is 5.31. The molecule has 0 radical (unpaired) electrons. The van der Waals surface area contributed by atoms with Gasteiger partial charge in [0.05, 0.1) is 12.8 Å². The molecule has 0 rings (SSSR count). The van der Waals surface area contributed by atoms with Gasteiger partial charge in [-0.05, 0) is 0 Å². The summed E-state index contributed by atoms with van der Waals surface area (Å²) in [5, 5.41) is 0. The fourth-order valence-corrected chi connectivity index (χ4v) is 1.05. The van der Waals surface area contributed by atoms with Gasteiger partial charge in [0, 0.05) is 42.3 Å². The van der Waals surface area contributed by atoms with E-state index in [2.05, 4.69) is 0 Å². The summed E-state index contributed by atoms with van der Waals surface area (Å²) in [6, 6.07) is 0. The summed E-state index contributed by atoms with van der Waals surface area (Å²) in [4.78, 5) is 23.1. The molecule has 0 spiro atoms. The van der Waals surface area contributed by atoms with Crippen molar-refractivity contribution >= 4 is 11.9 Å². The first kappa shape index (κ1) is 18.8. The van der Waals surface area contributed by atoms with E-state index >= 15 is 0 Å². The second-order valence-corrected chi connectivity index (χ2v) is 3.99. The molecular weight excluding hydrogens is 272 g/mol. The summed E-state index contributed by atoms with van der Waals surface area (Å²) in [5.74, 6) is -4.28. The Kier molecular flexibility index (Phi) is 7.66. The van der Waals surface area contributed by atoms with Crippen LogP contribution >= 0.6 is 0 Å². The summed E-state index contributed by atoms with van der Waals surface area (Å²) in [5.41, 5.74) is 0. The smallest absolute Gasteiger partial charge is 0.325 e. The fraction of sp³-hybridized carbons (Fsp3) is 0.833. The summed E-state index contributed by atoms with van der Waals surface area (Å²) in [6.07, 6.45) is -0.380. The van der Waals surface area contributed by atoms with Crippen LogP contribution in [0, 0.1) is 0 Å². The van der Waals surface area contributed by atoms with Gasteiger partial charge in [-0.25, -0.2) is 0 Å². The highest BCUT2D eigenvalue weighted by Crippen LogP contribution is 2.16. The number of esters is 2. The van der Waals surface area contributed by atoms with Crippen LogP contribution in [0.25, 0.3) is 0 Å². The number of hydrogen-bond donors (Lipinski definition) is 0. The van der Waals surface area contributed by atoms with Gasteiger partial charge in [0.2, 0.25) is 0 Å². The third kappa shape index (κ3) is 6.29. The second-order valence-electron chi connectivity index (χ2n) is 3.99. The predicted octanol–water partition coefficient (Wildman–Crippen LogP) is 0.786. The van der Waals surface area contributed by atoms with Crippen LogP contribution < -0.4 is 0 Å². The molecule has 0 aromatic heterocycles. The van der Waals surface area contributed by atoms with Crippen molar-refractivity contribution in [3.05, 3.63) is 0 Å². The molecule has 0 N–H and O–H groups in total. The van der Waals surface area contributed by atoms with E-state index in [0.29, 0.717) is 0 Å². The third-order valence-corrected chi connectivity index (χ3v) is 2.61. The van der Waals surface area contributed by atoms with Gasteiger partial charge in [0.15, 0.2) is 0 Å². The van der Waals surface area contributed by atoms with Crippen LogP contribution in [0.4, 0.5) is 0 Å². The standard InChI is InChI=1S/C12H22O8/c1-11(15-3,16-4)19-9(13)7-8-10(14)20-12(2,17-5)18-6/h7-8H2,1-6H3. The molecule has 0 fully saturated rings. The molecule has 0 aromatic rings. The minimum absolute atomic E-state index is 0.190. The van der Waals surface area contributed by atoms with E-state index in [1.807, 2.05) is 0 Å². The summed E-state index contributed by atoms with van der Waals surface area (Å²) in [6.45, 7) is 2.85. The number of rotatable bonds is 9. The number of carbonyl (C=O) groups is 2. The average molecular weight is 294 g/mol. The van der Waals surface area contributed by atoms with Gasteiger partial charge in [0.25, 0.3) is 0 Å². The van der Waals surface area contributed by atoms with Crippen molar-refractivity contribution < 1.29 is 38.0 Å². The lowest BCUT2D eigenvalue weighted by molar-refractivity contribution is -0.335. The molecule has 0 aliphatic rings. The summed E-state index contributed by atoms with van der Waals surface area (Å²) >= 11 is 0. The molecule has 0 bridgehead atoms. The lowest BCUT2D eigenvalue weighted by Crippen LogP contribution is -2.37. The van der Waals surface area contributed by atoms with Crippen molar-refractivity contribution in [2.75, 3.05) is 28.4 Å². The van der Waals surface area contributed by atoms with Gasteiger partial charge in [-0.1, -0.05) is 0 Å². The monoisotopic (exact) mass is 294 g/mol. The quantitative estimate of drug-likeness (QED) is 0.455. The fourth-order valence-electron chi connectivity index (χ4n) is 1.05. The van der Waals surface area contributed by atoms with E-state index in [4.69, 9.17) is 28.4 Å². The molecular formula is C12H22O8. The average Bonchev–Trinajstić information content (AvgIpc) is 2.44. The zero-order chi connectivity index (χ0) is 15.8. The largest absolute Gasteiger partial charge is 0.408 e. The summed E-state index contributed by atoms with van der Waals surface area (Å²) < 4.78 is 29.3. The minimum atomic E-state index is -1.48. The molecule has 0 aliphatic heterocycles. The maximum atomic E-state index is 11.5. The molecule has 0 aliphatic carbocycles. The van der Waals surface area contributed by atoms with Crippen LogP contribution in [0.3, 0.4) is 0 Å². The van der Waals surface area contributed by atoms with E-state index in [-0.39, 0.29) is 12.8 Å². The van der Waals surface area contributed by atoms with Crippen molar-refractivity contribution in [2.24, 2.45) is 0 Å². The number of hydrogen-bond acceptors (Lipinski definition) is 8. The van der Waals surface area contributed by atoms with Crippen LogP contribution in [-0.2, 0) is 38.0 Å². The van der Waals surface area contributed by atoms with Crippen molar-refractivity contribution in [3.8, 4) is 0 Å². The topological polar surface area (TPSA) is 89.5 Å². The van der Waals surface area contributed by atoms with E-state index in [1.54, 1.807) is 0 Å². The Labute approximate surface area is 118 Å². The van der Waals surface area contributed by atoms with E-state index < -0.39 is 23.9 Å². The highest BCUT2D eigenvalue weighted by molar-refractivity contribution is 5.77. The van der Waals surface area contributed by atoms with Crippen molar-refractivity contribution in [1.82, 2.24) is 0 Å². The van der Waals surface area contributed by atoms with E-state index in [1.165, 1.54) is 42.3 Å². The molecule has 0 amide bonds. The Morgan fingerprint density at radius 3 is 1.15 bits per heavy atom. The maximum Gasteiger partial charge on any atom is 0.325 e. The maximum absolute atomic E-state index is 11.5. The van der Waals surface area contributed by atoms with Gasteiger partial charge in [0.1, 0.15) is 0 Å². The molecule has 0 aromatic carbocycles. The van der Waals surface area contributed by atoms with E-state index in [9.17, 15) is 9.59 Å². The highest BCUT2D eigenvalue weighted by atomic mass is 16.9. The number of ether oxygens (including phenoxy) is 6. The molecule has 0 atom stereocenters.